The average molecular weight is 488 g/mol. The van der Waals surface area contributed by atoms with Crippen molar-refractivity contribution in [1.82, 2.24) is 4.57 Å². The van der Waals surface area contributed by atoms with Gasteiger partial charge in [0.05, 0.1) is 37.6 Å². The maximum absolute atomic E-state index is 13.2. The van der Waals surface area contributed by atoms with Gasteiger partial charge in [-0.2, -0.15) is 0 Å². The Bertz CT molecular complexity index is 1390. The molecule has 0 aliphatic carbocycles. The first-order chi connectivity index (χ1) is 17.4. The number of rotatable bonds is 8. The summed E-state index contributed by atoms with van der Waals surface area (Å²) < 4.78 is 17.5. The molecule has 1 N–H and O–H groups in total. The van der Waals surface area contributed by atoms with Crippen molar-refractivity contribution in [3.63, 3.8) is 0 Å². The number of methoxy groups -OCH3 is 3. The van der Waals surface area contributed by atoms with Crippen LogP contribution in [0.15, 0.2) is 72.8 Å². The van der Waals surface area contributed by atoms with Gasteiger partial charge in [0.25, 0.3) is 5.69 Å². The van der Waals surface area contributed by atoms with Crippen molar-refractivity contribution in [3.8, 4) is 28.4 Å². The van der Waals surface area contributed by atoms with E-state index in [4.69, 9.17) is 14.2 Å². The summed E-state index contributed by atoms with van der Waals surface area (Å²) in [5.41, 5.74) is 4.38. The molecule has 3 aromatic carbocycles. The minimum absolute atomic E-state index is 0.0243. The zero-order chi connectivity index (χ0) is 25.8. The molecule has 0 radical (unpaired) electrons. The Morgan fingerprint density at radius 2 is 1.42 bits per heavy atom. The molecule has 0 unspecified atom stereocenters. The second-order valence-electron chi connectivity index (χ2n) is 7.88. The molecule has 0 aliphatic rings. The van der Waals surface area contributed by atoms with Crippen molar-refractivity contribution < 1.29 is 23.9 Å². The molecule has 0 bridgehead atoms. The number of carbonyl (C=O) groups excluding carboxylic acids is 1. The molecule has 0 amide bonds. The molecule has 0 aliphatic heterocycles. The Hall–Kier alpha value is -4.79. The summed E-state index contributed by atoms with van der Waals surface area (Å²) in [6.07, 6.45) is 0. The molecule has 0 fully saturated rings. The SMILES string of the molecule is COC(=O)c1c(Nc2ccc(OC)cc2)c(C)c(-c2ccc([N+](=O)[O-])cc2)n1-c1ccc(OC)cc1. The third-order valence-electron chi connectivity index (χ3n) is 5.83. The number of non-ortho nitro benzene ring substituents is 1. The number of nitro groups is 1. The van der Waals surface area contributed by atoms with E-state index in [2.05, 4.69) is 5.32 Å². The van der Waals surface area contributed by atoms with Crippen LogP contribution in [0.3, 0.4) is 0 Å². The lowest BCUT2D eigenvalue weighted by Gasteiger charge is -2.14. The molecule has 36 heavy (non-hydrogen) atoms. The smallest absolute Gasteiger partial charge is 0.357 e. The molecule has 1 heterocycles. The largest absolute Gasteiger partial charge is 0.497 e. The molecular formula is C27H25N3O6. The van der Waals surface area contributed by atoms with Crippen molar-refractivity contribution in [2.24, 2.45) is 0 Å². The van der Waals surface area contributed by atoms with Crippen LogP contribution < -0.4 is 14.8 Å². The summed E-state index contributed by atoms with van der Waals surface area (Å²) in [6, 6.07) is 20.8. The lowest BCUT2D eigenvalue weighted by molar-refractivity contribution is -0.384. The van der Waals surface area contributed by atoms with E-state index in [0.717, 1.165) is 11.3 Å². The quantitative estimate of drug-likeness (QED) is 0.187. The van der Waals surface area contributed by atoms with E-state index in [0.29, 0.717) is 34.1 Å². The second kappa shape index (κ2) is 10.2. The van der Waals surface area contributed by atoms with Gasteiger partial charge in [0.1, 0.15) is 11.5 Å². The van der Waals surface area contributed by atoms with Crippen LogP contribution in [0.2, 0.25) is 0 Å². The van der Waals surface area contributed by atoms with Crippen molar-refractivity contribution in [3.05, 3.63) is 94.2 Å². The van der Waals surface area contributed by atoms with Crippen molar-refractivity contribution in [1.29, 1.82) is 0 Å². The minimum Gasteiger partial charge on any atom is -0.497 e. The Balaban J connectivity index is 1.97. The van der Waals surface area contributed by atoms with Gasteiger partial charge in [0.2, 0.25) is 0 Å². The van der Waals surface area contributed by atoms with E-state index < -0.39 is 10.9 Å². The molecule has 4 rings (SSSR count). The first-order valence-corrected chi connectivity index (χ1v) is 11.0. The van der Waals surface area contributed by atoms with Crippen LogP contribution >= 0.6 is 0 Å². The van der Waals surface area contributed by atoms with Gasteiger partial charge in [-0.15, -0.1) is 0 Å². The normalized spacial score (nSPS) is 10.6. The average Bonchev–Trinajstić information content (AvgIpc) is 3.20. The van der Waals surface area contributed by atoms with Gasteiger partial charge in [0.15, 0.2) is 5.69 Å². The van der Waals surface area contributed by atoms with Crippen LogP contribution in [0, 0.1) is 17.0 Å². The molecule has 0 saturated heterocycles. The molecule has 0 spiro atoms. The number of hydrogen-bond acceptors (Lipinski definition) is 7. The number of carbonyl (C=O) groups is 1. The number of hydrogen-bond donors (Lipinski definition) is 1. The topological polar surface area (TPSA) is 105 Å². The van der Waals surface area contributed by atoms with E-state index >= 15 is 0 Å². The van der Waals surface area contributed by atoms with Crippen molar-refractivity contribution >= 4 is 23.0 Å². The summed E-state index contributed by atoms with van der Waals surface area (Å²) in [4.78, 5) is 23.9. The van der Waals surface area contributed by atoms with E-state index in [1.54, 1.807) is 43.1 Å². The van der Waals surface area contributed by atoms with Gasteiger partial charge in [-0.1, -0.05) is 0 Å². The van der Waals surface area contributed by atoms with E-state index in [1.807, 2.05) is 43.3 Å². The fraction of sp³-hybridized carbons (Fsp3) is 0.148. The molecule has 1 aromatic heterocycles. The molecule has 4 aromatic rings. The highest BCUT2D eigenvalue weighted by atomic mass is 16.6. The van der Waals surface area contributed by atoms with E-state index in [-0.39, 0.29) is 11.4 Å². The van der Waals surface area contributed by atoms with E-state index in [9.17, 15) is 14.9 Å². The number of esters is 1. The van der Waals surface area contributed by atoms with Crippen LogP contribution in [0.25, 0.3) is 16.9 Å². The number of benzene rings is 3. The minimum atomic E-state index is -0.543. The van der Waals surface area contributed by atoms with Crippen LogP contribution in [-0.2, 0) is 4.74 Å². The van der Waals surface area contributed by atoms with Crippen molar-refractivity contribution in [2.45, 2.75) is 6.92 Å². The van der Waals surface area contributed by atoms with Crippen LogP contribution in [0.4, 0.5) is 17.1 Å². The number of aromatic nitrogens is 1. The predicted octanol–water partition coefficient (Wildman–Crippen LogP) is 5.91. The summed E-state index contributed by atoms with van der Waals surface area (Å²) in [5, 5.41) is 14.6. The van der Waals surface area contributed by atoms with Gasteiger partial charge >= 0.3 is 5.97 Å². The maximum atomic E-state index is 13.2. The summed E-state index contributed by atoms with van der Waals surface area (Å²) >= 11 is 0. The van der Waals surface area contributed by atoms with Crippen LogP contribution in [-0.4, -0.2) is 36.8 Å². The Morgan fingerprint density at radius 1 is 0.861 bits per heavy atom. The molecule has 0 saturated carbocycles. The zero-order valence-electron chi connectivity index (χ0n) is 20.3. The lowest BCUT2D eigenvalue weighted by Crippen LogP contribution is -2.12. The number of ether oxygens (including phenoxy) is 3. The third-order valence-corrected chi connectivity index (χ3v) is 5.83. The Kier molecular flexibility index (Phi) is 6.91. The molecule has 0 atom stereocenters. The first-order valence-electron chi connectivity index (χ1n) is 11.0. The van der Waals surface area contributed by atoms with E-state index in [1.165, 1.54) is 19.2 Å². The van der Waals surface area contributed by atoms with Gasteiger partial charge in [0, 0.05) is 23.5 Å². The Labute approximate surface area is 208 Å². The first kappa shape index (κ1) is 24.3. The third kappa shape index (κ3) is 4.58. The molecular weight excluding hydrogens is 462 g/mol. The van der Waals surface area contributed by atoms with Crippen molar-refractivity contribution in [2.75, 3.05) is 26.6 Å². The zero-order valence-corrected chi connectivity index (χ0v) is 20.3. The number of nitrogens with zero attached hydrogens (tertiary/aromatic N) is 2. The van der Waals surface area contributed by atoms with Crippen LogP contribution in [0.1, 0.15) is 16.1 Å². The summed E-state index contributed by atoms with van der Waals surface area (Å²) in [5.74, 6) is 0.821. The Morgan fingerprint density at radius 3 is 1.92 bits per heavy atom. The number of nitro benzene ring substituents is 1. The van der Waals surface area contributed by atoms with Gasteiger partial charge in [-0.05, 0) is 78.7 Å². The standard InChI is InChI=1S/C27H25N3O6/c1-17-24(28-19-7-13-22(34-2)14-8-19)26(27(31)36-4)29(20-11-15-23(35-3)16-12-20)25(17)18-5-9-21(10-6-18)30(32)33/h5-16,28H,1-4H3. The lowest BCUT2D eigenvalue weighted by atomic mass is 10.1. The highest BCUT2D eigenvalue weighted by molar-refractivity contribution is 6.00. The maximum Gasteiger partial charge on any atom is 0.357 e. The second-order valence-corrected chi connectivity index (χ2v) is 7.88. The van der Waals surface area contributed by atoms with Gasteiger partial charge in [-0.25, -0.2) is 4.79 Å². The monoisotopic (exact) mass is 487 g/mol. The number of nitrogens with one attached hydrogen (secondary N) is 1. The fourth-order valence-electron chi connectivity index (χ4n) is 4.03. The predicted molar refractivity (Wildman–Crippen MR) is 137 cm³/mol. The number of anilines is 2. The summed E-state index contributed by atoms with van der Waals surface area (Å²) in [6.45, 7) is 1.88. The molecule has 9 nitrogen and oxygen atoms in total. The summed E-state index contributed by atoms with van der Waals surface area (Å²) in [7, 11) is 4.49. The van der Waals surface area contributed by atoms with Gasteiger partial charge < -0.3 is 24.1 Å². The van der Waals surface area contributed by atoms with Gasteiger partial charge in [-0.3, -0.25) is 10.1 Å². The van der Waals surface area contributed by atoms with Crippen LogP contribution in [0.5, 0.6) is 11.5 Å². The highest BCUT2D eigenvalue weighted by Crippen LogP contribution is 2.40. The molecule has 184 valence electrons. The fourth-order valence-corrected chi connectivity index (χ4v) is 4.03. The highest BCUT2D eigenvalue weighted by Gasteiger charge is 2.28. The molecule has 9 heteroatoms.